The Kier molecular flexibility index (Phi) is 3.01. The number of Topliss-reactive ketones (excluding diaryl/α,β-unsaturated/α-hetero) is 1. The zero-order chi connectivity index (χ0) is 9.84. The Morgan fingerprint density at radius 3 is 2.92 bits per heavy atom. The number of nitrogens with zero attached hydrogens (tertiary/aromatic N) is 2. The van der Waals surface area contributed by atoms with E-state index in [4.69, 9.17) is 0 Å². The van der Waals surface area contributed by atoms with E-state index in [1.807, 2.05) is 13.0 Å². The molecule has 1 aromatic rings. The van der Waals surface area contributed by atoms with Crippen molar-refractivity contribution in [3.63, 3.8) is 0 Å². The van der Waals surface area contributed by atoms with Gasteiger partial charge in [0.25, 0.3) is 0 Å². The van der Waals surface area contributed by atoms with Crippen LogP contribution >= 0.6 is 0 Å². The lowest BCUT2D eigenvalue weighted by Gasteiger charge is -1.98. The number of carbonyl (C=O) groups excluding carboxylic acids is 1. The second kappa shape index (κ2) is 4.03. The fourth-order valence-corrected chi connectivity index (χ4v) is 1.23. The Hall–Kier alpha value is -1.38. The van der Waals surface area contributed by atoms with Gasteiger partial charge >= 0.3 is 0 Å². The first-order chi connectivity index (χ1) is 6.15. The summed E-state index contributed by atoms with van der Waals surface area (Å²) in [5, 5.41) is 4.11. The van der Waals surface area contributed by atoms with Gasteiger partial charge in [-0.3, -0.25) is 9.48 Å². The van der Waals surface area contributed by atoms with Crippen molar-refractivity contribution < 1.29 is 4.79 Å². The third-order valence-electron chi connectivity index (χ3n) is 1.86. The average molecular weight is 178 g/mol. The number of allylic oxidation sites excluding steroid dienone is 1. The topological polar surface area (TPSA) is 34.9 Å². The molecule has 0 spiro atoms. The van der Waals surface area contributed by atoms with Crippen LogP contribution in [-0.4, -0.2) is 15.6 Å². The van der Waals surface area contributed by atoms with Crippen molar-refractivity contribution in [1.29, 1.82) is 0 Å². The smallest absolute Gasteiger partial charge is 0.181 e. The van der Waals surface area contributed by atoms with E-state index in [-0.39, 0.29) is 5.78 Å². The Morgan fingerprint density at radius 1 is 1.77 bits per heavy atom. The van der Waals surface area contributed by atoms with E-state index in [2.05, 4.69) is 11.7 Å². The highest BCUT2D eigenvalue weighted by Gasteiger charge is 2.09. The zero-order valence-electron chi connectivity index (χ0n) is 8.08. The highest BCUT2D eigenvalue weighted by atomic mass is 16.1. The molecule has 0 unspecified atom stereocenters. The molecule has 0 bridgehead atoms. The molecule has 0 atom stereocenters. The maximum Gasteiger partial charge on any atom is 0.181 e. The Labute approximate surface area is 78.1 Å². The van der Waals surface area contributed by atoms with Crippen LogP contribution in [0.3, 0.4) is 0 Å². The Balaban J connectivity index is 2.76. The maximum atomic E-state index is 11.5. The van der Waals surface area contributed by atoms with Gasteiger partial charge in [-0.25, -0.2) is 0 Å². The van der Waals surface area contributed by atoms with Gasteiger partial charge in [0.05, 0.1) is 5.69 Å². The first kappa shape index (κ1) is 9.71. The van der Waals surface area contributed by atoms with Crippen LogP contribution in [0.25, 0.3) is 0 Å². The molecule has 0 fully saturated rings. The third-order valence-corrected chi connectivity index (χ3v) is 1.86. The Bertz CT molecular complexity index is 326. The summed E-state index contributed by atoms with van der Waals surface area (Å²) >= 11 is 0. The van der Waals surface area contributed by atoms with Gasteiger partial charge in [0.1, 0.15) is 5.69 Å². The number of rotatable bonds is 4. The van der Waals surface area contributed by atoms with Gasteiger partial charge in [0.15, 0.2) is 5.78 Å². The van der Waals surface area contributed by atoms with E-state index in [1.54, 1.807) is 17.8 Å². The molecule has 0 aromatic carbocycles. The van der Waals surface area contributed by atoms with Crippen molar-refractivity contribution in [3.05, 3.63) is 30.1 Å². The number of hydrogen-bond acceptors (Lipinski definition) is 2. The first-order valence-corrected chi connectivity index (χ1v) is 4.30. The van der Waals surface area contributed by atoms with Crippen LogP contribution in [0.5, 0.6) is 0 Å². The summed E-state index contributed by atoms with van der Waals surface area (Å²) in [7, 11) is 1.79. The van der Waals surface area contributed by atoms with Crippen LogP contribution in [0.15, 0.2) is 18.7 Å². The van der Waals surface area contributed by atoms with E-state index >= 15 is 0 Å². The number of aromatic nitrogens is 2. The van der Waals surface area contributed by atoms with Crippen LogP contribution in [0.1, 0.15) is 29.0 Å². The van der Waals surface area contributed by atoms with Crippen molar-refractivity contribution in [2.45, 2.75) is 19.8 Å². The molecule has 0 amide bonds. The van der Waals surface area contributed by atoms with Crippen molar-refractivity contribution in [2.24, 2.45) is 7.05 Å². The van der Waals surface area contributed by atoms with E-state index in [1.165, 1.54) is 0 Å². The zero-order valence-corrected chi connectivity index (χ0v) is 8.08. The van der Waals surface area contributed by atoms with Crippen molar-refractivity contribution in [1.82, 2.24) is 9.78 Å². The number of aryl methyl sites for hydroxylation is 2. The van der Waals surface area contributed by atoms with Crippen molar-refractivity contribution in [3.8, 4) is 0 Å². The lowest BCUT2D eigenvalue weighted by molar-refractivity contribution is 0.0974. The van der Waals surface area contributed by atoms with E-state index < -0.39 is 0 Å². The molecule has 70 valence electrons. The van der Waals surface area contributed by atoms with Gasteiger partial charge in [0, 0.05) is 13.5 Å². The van der Waals surface area contributed by atoms with Crippen LogP contribution in [0.2, 0.25) is 0 Å². The molecule has 1 heterocycles. The highest BCUT2D eigenvalue weighted by molar-refractivity contribution is 5.94. The summed E-state index contributed by atoms with van der Waals surface area (Å²) in [6, 6.07) is 1.81. The van der Waals surface area contributed by atoms with E-state index in [9.17, 15) is 4.79 Å². The highest BCUT2D eigenvalue weighted by Crippen LogP contribution is 2.06. The summed E-state index contributed by atoms with van der Waals surface area (Å²) in [4.78, 5) is 11.5. The average Bonchev–Trinajstić information content (AvgIpc) is 2.41. The SMILES string of the molecule is C=CCCC(=O)c1cc(C)nn1C. The Morgan fingerprint density at radius 2 is 2.46 bits per heavy atom. The molecule has 13 heavy (non-hydrogen) atoms. The first-order valence-electron chi connectivity index (χ1n) is 4.30. The fraction of sp³-hybridized carbons (Fsp3) is 0.400. The minimum atomic E-state index is 0.128. The molecule has 0 radical (unpaired) electrons. The van der Waals surface area contributed by atoms with Gasteiger partial charge in [-0.05, 0) is 19.4 Å². The monoisotopic (exact) mass is 178 g/mol. The van der Waals surface area contributed by atoms with Gasteiger partial charge in [0.2, 0.25) is 0 Å². The molecule has 0 aliphatic heterocycles. The fourth-order valence-electron chi connectivity index (χ4n) is 1.23. The number of hydrogen-bond donors (Lipinski definition) is 0. The van der Waals surface area contributed by atoms with E-state index in [0.717, 1.165) is 12.1 Å². The molecule has 0 aliphatic carbocycles. The number of carbonyl (C=O) groups is 1. The summed E-state index contributed by atoms with van der Waals surface area (Å²) < 4.78 is 1.63. The second-order valence-electron chi connectivity index (χ2n) is 3.05. The predicted molar refractivity (Wildman–Crippen MR) is 51.7 cm³/mol. The molecule has 3 heteroatoms. The largest absolute Gasteiger partial charge is 0.292 e. The van der Waals surface area contributed by atoms with Gasteiger partial charge in [-0.2, -0.15) is 5.10 Å². The lowest BCUT2D eigenvalue weighted by Crippen LogP contribution is -2.06. The van der Waals surface area contributed by atoms with Gasteiger partial charge in [-0.1, -0.05) is 6.08 Å². The maximum absolute atomic E-state index is 11.5. The molecule has 1 aromatic heterocycles. The summed E-state index contributed by atoms with van der Waals surface area (Å²) in [5.74, 6) is 0.128. The van der Waals surface area contributed by atoms with Gasteiger partial charge < -0.3 is 0 Å². The molecule has 3 nitrogen and oxygen atoms in total. The summed E-state index contributed by atoms with van der Waals surface area (Å²) in [5.41, 5.74) is 1.56. The quantitative estimate of drug-likeness (QED) is 0.521. The third kappa shape index (κ3) is 2.28. The van der Waals surface area contributed by atoms with Gasteiger partial charge in [-0.15, -0.1) is 6.58 Å². The normalized spacial score (nSPS) is 10.0. The molecular weight excluding hydrogens is 164 g/mol. The van der Waals surface area contributed by atoms with Crippen LogP contribution in [0, 0.1) is 6.92 Å². The minimum Gasteiger partial charge on any atom is -0.292 e. The van der Waals surface area contributed by atoms with E-state index in [0.29, 0.717) is 12.1 Å². The predicted octanol–water partition coefficient (Wildman–Crippen LogP) is 1.88. The van der Waals surface area contributed by atoms with Crippen LogP contribution in [0.4, 0.5) is 0 Å². The molecule has 0 saturated carbocycles. The summed E-state index contributed by atoms with van der Waals surface area (Å²) in [6.07, 6.45) is 2.99. The van der Waals surface area contributed by atoms with Crippen LogP contribution in [-0.2, 0) is 7.05 Å². The summed E-state index contributed by atoms with van der Waals surface area (Å²) in [6.45, 7) is 5.46. The minimum absolute atomic E-state index is 0.128. The second-order valence-corrected chi connectivity index (χ2v) is 3.05. The van der Waals surface area contributed by atoms with Crippen LogP contribution < -0.4 is 0 Å². The number of ketones is 1. The molecule has 0 N–H and O–H groups in total. The molecule has 1 rings (SSSR count). The standard InChI is InChI=1S/C10H14N2O/c1-4-5-6-10(13)9-7-8(2)11-12(9)3/h4,7H,1,5-6H2,2-3H3. The molecule has 0 aliphatic rings. The molecular formula is C10H14N2O. The van der Waals surface area contributed by atoms with Crippen molar-refractivity contribution >= 4 is 5.78 Å². The molecule has 0 saturated heterocycles. The lowest BCUT2D eigenvalue weighted by atomic mass is 10.1. The van der Waals surface area contributed by atoms with Crippen molar-refractivity contribution in [2.75, 3.05) is 0 Å².